The summed E-state index contributed by atoms with van der Waals surface area (Å²) >= 11 is 0. The van der Waals surface area contributed by atoms with Crippen molar-refractivity contribution in [2.24, 2.45) is 0 Å². The van der Waals surface area contributed by atoms with Gasteiger partial charge < -0.3 is 15.0 Å². The Labute approximate surface area is 166 Å². The monoisotopic (exact) mass is 406 g/mol. The highest BCUT2D eigenvalue weighted by Crippen LogP contribution is 2.16. The first-order chi connectivity index (χ1) is 13.3. The van der Waals surface area contributed by atoms with E-state index in [1.807, 2.05) is 32.0 Å². The Hall–Kier alpha value is -2.65. The number of aromatic nitrogens is 1. The van der Waals surface area contributed by atoms with Gasteiger partial charge in [-0.1, -0.05) is 6.07 Å². The zero-order valence-corrected chi connectivity index (χ0v) is 17.1. The number of rotatable bonds is 10. The van der Waals surface area contributed by atoms with Crippen molar-refractivity contribution in [2.45, 2.75) is 24.8 Å². The third kappa shape index (κ3) is 6.21. The molecule has 1 aromatic heterocycles. The van der Waals surface area contributed by atoms with Gasteiger partial charge in [0.25, 0.3) is 0 Å². The Morgan fingerprint density at radius 2 is 1.89 bits per heavy atom. The maximum absolute atomic E-state index is 12.3. The number of ether oxygens (including phenoxy) is 1. The summed E-state index contributed by atoms with van der Waals surface area (Å²) in [5, 5.41) is 2.78. The molecule has 1 heterocycles. The van der Waals surface area contributed by atoms with Gasteiger partial charge in [0.05, 0.1) is 11.5 Å². The second-order valence-electron chi connectivity index (χ2n) is 6.21. The fourth-order valence-electron chi connectivity index (χ4n) is 2.52. The van der Waals surface area contributed by atoms with Crippen molar-refractivity contribution in [2.75, 3.05) is 32.1 Å². The molecule has 2 rings (SSSR count). The number of hydrogen-bond acceptors (Lipinski definition) is 6. The molecule has 0 atom stereocenters. The number of pyridine rings is 1. The maximum atomic E-state index is 12.3. The van der Waals surface area contributed by atoms with E-state index in [0.29, 0.717) is 18.9 Å². The Morgan fingerprint density at radius 3 is 2.54 bits per heavy atom. The van der Waals surface area contributed by atoms with Crippen molar-refractivity contribution >= 4 is 21.7 Å². The Bertz CT molecular complexity index is 883. The molecule has 152 valence electrons. The van der Waals surface area contributed by atoms with E-state index in [2.05, 4.69) is 15.0 Å². The molecule has 28 heavy (non-hydrogen) atoms. The van der Waals surface area contributed by atoms with Crippen molar-refractivity contribution in [3.63, 3.8) is 0 Å². The van der Waals surface area contributed by atoms with Crippen LogP contribution in [0.4, 0.5) is 5.82 Å². The minimum atomic E-state index is -3.67. The summed E-state index contributed by atoms with van der Waals surface area (Å²) in [6, 6.07) is 9.83. The topological polar surface area (TPSA) is 101 Å². The van der Waals surface area contributed by atoms with Crippen LogP contribution in [-0.4, -0.2) is 46.6 Å². The van der Waals surface area contributed by atoms with Gasteiger partial charge in [0, 0.05) is 45.4 Å². The fraction of sp³-hybridized carbons (Fsp3) is 0.368. The average molecular weight is 407 g/mol. The highest BCUT2D eigenvalue weighted by molar-refractivity contribution is 7.89. The molecule has 0 saturated heterocycles. The van der Waals surface area contributed by atoms with Gasteiger partial charge in [0.1, 0.15) is 11.6 Å². The highest BCUT2D eigenvalue weighted by Gasteiger charge is 2.14. The van der Waals surface area contributed by atoms with E-state index in [9.17, 15) is 13.2 Å². The number of nitrogens with zero attached hydrogens (tertiary/aromatic N) is 2. The molecule has 2 aromatic rings. The van der Waals surface area contributed by atoms with Gasteiger partial charge in [-0.2, -0.15) is 0 Å². The van der Waals surface area contributed by atoms with Crippen LogP contribution >= 0.6 is 0 Å². The molecule has 1 amide bonds. The summed E-state index contributed by atoms with van der Waals surface area (Å²) in [6.07, 6.45) is 1.73. The van der Waals surface area contributed by atoms with E-state index in [-0.39, 0.29) is 23.8 Å². The van der Waals surface area contributed by atoms with E-state index in [0.717, 1.165) is 11.4 Å². The smallest absolute Gasteiger partial charge is 0.240 e. The molecule has 0 aliphatic carbocycles. The molecule has 0 aliphatic rings. The standard InChI is InChI=1S/C19H26N4O4S/c1-4-27-16-7-9-17(10-8-16)28(25,26)22-13-11-18(24)21-14-15-6-5-12-20-19(15)23(2)3/h5-10,12,22H,4,11,13-14H2,1-3H3,(H,21,24). The van der Waals surface area contributed by atoms with E-state index in [1.165, 1.54) is 12.1 Å². The summed E-state index contributed by atoms with van der Waals surface area (Å²) in [7, 11) is 0.0817. The predicted molar refractivity (Wildman–Crippen MR) is 108 cm³/mol. The van der Waals surface area contributed by atoms with Crippen LogP contribution in [0.1, 0.15) is 18.9 Å². The summed E-state index contributed by atoms with van der Waals surface area (Å²) in [5.74, 6) is 1.13. The molecule has 0 spiro atoms. The molecule has 0 saturated carbocycles. The number of sulfonamides is 1. The molecule has 0 radical (unpaired) electrons. The molecule has 0 bridgehead atoms. The normalized spacial score (nSPS) is 11.1. The van der Waals surface area contributed by atoms with Crippen LogP contribution in [0.2, 0.25) is 0 Å². The van der Waals surface area contributed by atoms with Gasteiger partial charge in [-0.05, 0) is 37.3 Å². The van der Waals surface area contributed by atoms with E-state index >= 15 is 0 Å². The first-order valence-electron chi connectivity index (χ1n) is 8.94. The summed E-state index contributed by atoms with van der Waals surface area (Å²) < 4.78 is 32.3. The van der Waals surface area contributed by atoms with Crippen LogP contribution in [-0.2, 0) is 21.4 Å². The molecule has 8 nitrogen and oxygen atoms in total. The van der Waals surface area contributed by atoms with Crippen molar-refractivity contribution < 1.29 is 17.9 Å². The van der Waals surface area contributed by atoms with Crippen LogP contribution in [0, 0.1) is 0 Å². The number of amides is 1. The predicted octanol–water partition coefficient (Wildman–Crippen LogP) is 1.53. The molecule has 2 N–H and O–H groups in total. The van der Waals surface area contributed by atoms with Gasteiger partial charge in [0.15, 0.2) is 0 Å². The van der Waals surface area contributed by atoms with Crippen LogP contribution < -0.4 is 19.7 Å². The lowest BCUT2D eigenvalue weighted by atomic mass is 10.2. The van der Waals surface area contributed by atoms with Crippen molar-refractivity contribution in [3.8, 4) is 5.75 Å². The van der Waals surface area contributed by atoms with Crippen LogP contribution in [0.3, 0.4) is 0 Å². The second kappa shape index (κ2) is 10.0. The second-order valence-corrected chi connectivity index (χ2v) is 7.98. The van der Waals surface area contributed by atoms with E-state index in [1.54, 1.807) is 24.4 Å². The van der Waals surface area contributed by atoms with Gasteiger partial charge in [0.2, 0.25) is 15.9 Å². The van der Waals surface area contributed by atoms with Crippen LogP contribution in [0.5, 0.6) is 5.75 Å². The molecule has 0 aliphatic heterocycles. The number of anilines is 1. The number of carbonyl (C=O) groups is 1. The molecule has 0 fully saturated rings. The first kappa shape index (κ1) is 21.6. The first-order valence-corrected chi connectivity index (χ1v) is 10.4. The SMILES string of the molecule is CCOc1ccc(S(=O)(=O)NCCC(=O)NCc2cccnc2N(C)C)cc1. The van der Waals surface area contributed by atoms with Gasteiger partial charge >= 0.3 is 0 Å². The third-order valence-corrected chi connectivity index (χ3v) is 5.33. The third-order valence-electron chi connectivity index (χ3n) is 3.86. The largest absolute Gasteiger partial charge is 0.494 e. The Balaban J connectivity index is 1.83. The minimum Gasteiger partial charge on any atom is -0.494 e. The van der Waals surface area contributed by atoms with Crippen molar-refractivity contribution in [1.29, 1.82) is 0 Å². The summed E-state index contributed by atoms with van der Waals surface area (Å²) in [6.45, 7) is 2.70. The number of hydrogen-bond donors (Lipinski definition) is 2. The van der Waals surface area contributed by atoms with Crippen LogP contribution in [0.15, 0.2) is 47.5 Å². The van der Waals surface area contributed by atoms with Gasteiger partial charge in [-0.3, -0.25) is 4.79 Å². The molecule has 1 aromatic carbocycles. The molecular formula is C19H26N4O4S. The average Bonchev–Trinajstić information content (AvgIpc) is 2.67. The van der Waals surface area contributed by atoms with Gasteiger partial charge in [-0.15, -0.1) is 0 Å². The van der Waals surface area contributed by atoms with E-state index in [4.69, 9.17) is 4.74 Å². The van der Waals surface area contributed by atoms with Crippen molar-refractivity contribution in [3.05, 3.63) is 48.2 Å². The zero-order valence-electron chi connectivity index (χ0n) is 16.3. The number of nitrogens with one attached hydrogen (secondary N) is 2. The Morgan fingerprint density at radius 1 is 1.18 bits per heavy atom. The quantitative estimate of drug-likeness (QED) is 0.621. The lowest BCUT2D eigenvalue weighted by Crippen LogP contribution is -2.31. The summed E-state index contributed by atoms with van der Waals surface area (Å²) in [4.78, 5) is 18.3. The lowest BCUT2D eigenvalue weighted by molar-refractivity contribution is -0.121. The number of benzene rings is 1. The highest BCUT2D eigenvalue weighted by atomic mass is 32.2. The molecular weight excluding hydrogens is 380 g/mol. The summed E-state index contributed by atoms with van der Waals surface area (Å²) in [5.41, 5.74) is 0.885. The Kier molecular flexibility index (Phi) is 7.77. The van der Waals surface area contributed by atoms with Crippen LogP contribution in [0.25, 0.3) is 0 Å². The van der Waals surface area contributed by atoms with E-state index < -0.39 is 10.0 Å². The fourth-order valence-corrected chi connectivity index (χ4v) is 3.55. The lowest BCUT2D eigenvalue weighted by Gasteiger charge is -2.16. The number of carbonyl (C=O) groups excluding carboxylic acids is 1. The zero-order chi connectivity index (χ0) is 20.6. The van der Waals surface area contributed by atoms with Gasteiger partial charge in [-0.25, -0.2) is 18.1 Å². The minimum absolute atomic E-state index is 0.00888. The maximum Gasteiger partial charge on any atom is 0.240 e. The molecule has 9 heteroatoms. The van der Waals surface area contributed by atoms with Crippen molar-refractivity contribution in [1.82, 2.24) is 15.0 Å². The molecule has 0 unspecified atom stereocenters.